The second-order valence-corrected chi connectivity index (χ2v) is 7.23. The first-order valence-corrected chi connectivity index (χ1v) is 9.72. The highest BCUT2D eigenvalue weighted by Crippen LogP contribution is 2.22. The minimum absolute atomic E-state index is 0.111. The second-order valence-electron chi connectivity index (χ2n) is 7.23. The summed E-state index contributed by atoms with van der Waals surface area (Å²) in [5.41, 5.74) is 0. The molecule has 2 saturated heterocycles. The van der Waals surface area contributed by atoms with Crippen LogP contribution in [0.15, 0.2) is 4.52 Å². The van der Waals surface area contributed by atoms with Gasteiger partial charge in [0, 0.05) is 39.0 Å². The van der Waals surface area contributed by atoms with Crippen LogP contribution in [-0.4, -0.2) is 65.1 Å². The van der Waals surface area contributed by atoms with Crippen molar-refractivity contribution in [1.82, 2.24) is 25.3 Å². The lowest BCUT2D eigenvalue weighted by molar-refractivity contribution is -0.133. The van der Waals surface area contributed by atoms with E-state index < -0.39 is 0 Å². The molecule has 2 fully saturated rings. The lowest BCUT2D eigenvalue weighted by atomic mass is 9.93. The van der Waals surface area contributed by atoms with Gasteiger partial charge in [-0.15, -0.1) is 0 Å². The zero-order valence-corrected chi connectivity index (χ0v) is 15.5. The van der Waals surface area contributed by atoms with E-state index in [0.29, 0.717) is 18.2 Å². The maximum atomic E-state index is 12.5. The van der Waals surface area contributed by atoms with Crippen LogP contribution < -0.4 is 5.32 Å². The Bertz CT molecular complexity index is 547. The maximum absolute atomic E-state index is 12.5. The monoisotopic (exact) mass is 349 g/mol. The standard InChI is InChI=1S/C18H31N5O2/c1-3-16-20-18(25-21-16)14(2)22-10-12-23(13-11-22)17(24)5-4-15-6-8-19-9-7-15/h14-15,19H,3-13H2,1-2H3. The zero-order chi connectivity index (χ0) is 17.6. The molecule has 7 nitrogen and oxygen atoms in total. The molecule has 0 spiro atoms. The van der Waals surface area contributed by atoms with Crippen LogP contribution >= 0.6 is 0 Å². The molecule has 1 unspecified atom stereocenters. The summed E-state index contributed by atoms with van der Waals surface area (Å²) in [6.45, 7) is 9.65. The van der Waals surface area contributed by atoms with Crippen molar-refractivity contribution in [3.05, 3.63) is 11.7 Å². The fraction of sp³-hybridized carbons (Fsp3) is 0.833. The van der Waals surface area contributed by atoms with Crippen molar-refractivity contribution >= 4 is 5.91 Å². The molecular formula is C18H31N5O2. The van der Waals surface area contributed by atoms with Crippen molar-refractivity contribution in [2.45, 2.75) is 52.0 Å². The molecular weight excluding hydrogens is 318 g/mol. The molecule has 25 heavy (non-hydrogen) atoms. The lowest BCUT2D eigenvalue weighted by Gasteiger charge is -2.37. The Hall–Kier alpha value is -1.47. The minimum Gasteiger partial charge on any atom is -0.340 e. The van der Waals surface area contributed by atoms with Gasteiger partial charge in [-0.05, 0) is 45.2 Å². The Labute approximate surface area is 150 Å². The van der Waals surface area contributed by atoms with Gasteiger partial charge in [-0.1, -0.05) is 12.1 Å². The third kappa shape index (κ3) is 4.79. The SMILES string of the molecule is CCc1noc(C(C)N2CCN(C(=O)CCC3CCNCC3)CC2)n1. The Kier molecular flexibility index (Phi) is 6.42. The number of amides is 1. The van der Waals surface area contributed by atoms with Gasteiger partial charge in [0.1, 0.15) is 0 Å². The number of rotatable bonds is 6. The molecule has 0 aromatic carbocycles. The molecule has 3 heterocycles. The summed E-state index contributed by atoms with van der Waals surface area (Å²) in [5.74, 6) is 2.48. The van der Waals surface area contributed by atoms with E-state index in [4.69, 9.17) is 4.52 Å². The number of carbonyl (C=O) groups excluding carboxylic acids is 1. The molecule has 1 aromatic heterocycles. The third-order valence-electron chi connectivity index (χ3n) is 5.60. The third-order valence-corrected chi connectivity index (χ3v) is 5.60. The molecule has 3 rings (SSSR count). The number of piperazine rings is 1. The van der Waals surface area contributed by atoms with Crippen molar-refractivity contribution in [2.24, 2.45) is 5.92 Å². The summed E-state index contributed by atoms with van der Waals surface area (Å²) in [7, 11) is 0. The summed E-state index contributed by atoms with van der Waals surface area (Å²) < 4.78 is 5.36. The van der Waals surface area contributed by atoms with E-state index >= 15 is 0 Å². The highest BCUT2D eigenvalue weighted by Gasteiger charge is 2.27. The lowest BCUT2D eigenvalue weighted by Crippen LogP contribution is -2.49. The summed E-state index contributed by atoms with van der Waals surface area (Å²) in [5, 5.41) is 7.36. The summed E-state index contributed by atoms with van der Waals surface area (Å²) in [6.07, 6.45) is 4.95. The first-order chi connectivity index (χ1) is 12.2. The van der Waals surface area contributed by atoms with Crippen molar-refractivity contribution in [2.75, 3.05) is 39.3 Å². The predicted octanol–water partition coefficient (Wildman–Crippen LogP) is 1.62. The van der Waals surface area contributed by atoms with E-state index in [2.05, 4.69) is 27.3 Å². The number of aryl methyl sites for hydroxylation is 1. The molecule has 2 aliphatic heterocycles. The zero-order valence-electron chi connectivity index (χ0n) is 15.5. The van der Waals surface area contributed by atoms with Crippen LogP contribution in [0.2, 0.25) is 0 Å². The van der Waals surface area contributed by atoms with Crippen LogP contribution in [0, 0.1) is 5.92 Å². The average Bonchev–Trinajstić information content (AvgIpc) is 3.16. The van der Waals surface area contributed by atoms with E-state index in [1.54, 1.807) is 0 Å². The van der Waals surface area contributed by atoms with Gasteiger partial charge in [-0.25, -0.2) is 0 Å². The van der Waals surface area contributed by atoms with Crippen molar-refractivity contribution in [3.63, 3.8) is 0 Å². The molecule has 1 atom stereocenters. The Balaban J connectivity index is 1.42. The molecule has 0 bridgehead atoms. The van der Waals surface area contributed by atoms with E-state index in [-0.39, 0.29) is 6.04 Å². The molecule has 0 radical (unpaired) electrons. The second kappa shape index (κ2) is 8.76. The van der Waals surface area contributed by atoms with Crippen LogP contribution in [-0.2, 0) is 11.2 Å². The van der Waals surface area contributed by atoms with Crippen molar-refractivity contribution in [1.29, 1.82) is 0 Å². The van der Waals surface area contributed by atoms with Crippen LogP contribution in [0.1, 0.15) is 57.3 Å². The van der Waals surface area contributed by atoms with Gasteiger partial charge in [0.2, 0.25) is 11.8 Å². The van der Waals surface area contributed by atoms with E-state index in [1.165, 1.54) is 12.8 Å². The highest BCUT2D eigenvalue weighted by molar-refractivity contribution is 5.76. The van der Waals surface area contributed by atoms with Gasteiger partial charge in [-0.3, -0.25) is 9.69 Å². The molecule has 1 aromatic rings. The number of hydrogen-bond donors (Lipinski definition) is 1. The van der Waals surface area contributed by atoms with Gasteiger partial charge >= 0.3 is 0 Å². The van der Waals surface area contributed by atoms with Crippen LogP contribution in [0.3, 0.4) is 0 Å². The van der Waals surface area contributed by atoms with Crippen LogP contribution in [0.5, 0.6) is 0 Å². The van der Waals surface area contributed by atoms with E-state index in [1.807, 2.05) is 11.8 Å². The first kappa shape index (κ1) is 18.3. The van der Waals surface area contributed by atoms with E-state index in [0.717, 1.165) is 63.9 Å². The number of piperidine rings is 1. The van der Waals surface area contributed by atoms with Gasteiger partial charge in [0.05, 0.1) is 6.04 Å². The van der Waals surface area contributed by atoms with Crippen LogP contribution in [0.25, 0.3) is 0 Å². The van der Waals surface area contributed by atoms with Gasteiger partial charge in [0.25, 0.3) is 0 Å². The molecule has 0 aliphatic carbocycles. The molecule has 2 aliphatic rings. The Morgan fingerprint density at radius 1 is 1.28 bits per heavy atom. The highest BCUT2D eigenvalue weighted by atomic mass is 16.5. The van der Waals surface area contributed by atoms with Gasteiger partial charge in [0.15, 0.2) is 5.82 Å². The molecule has 7 heteroatoms. The summed E-state index contributed by atoms with van der Waals surface area (Å²) >= 11 is 0. The molecule has 140 valence electrons. The molecule has 1 N–H and O–H groups in total. The minimum atomic E-state index is 0.111. The fourth-order valence-corrected chi connectivity index (χ4v) is 3.75. The number of nitrogens with one attached hydrogen (secondary N) is 1. The first-order valence-electron chi connectivity index (χ1n) is 9.72. The number of hydrogen-bond acceptors (Lipinski definition) is 6. The van der Waals surface area contributed by atoms with Gasteiger partial charge < -0.3 is 14.7 Å². The Morgan fingerprint density at radius 2 is 2.00 bits per heavy atom. The van der Waals surface area contributed by atoms with Crippen LogP contribution in [0.4, 0.5) is 0 Å². The van der Waals surface area contributed by atoms with Crippen molar-refractivity contribution < 1.29 is 9.32 Å². The molecule has 0 saturated carbocycles. The number of aromatic nitrogens is 2. The smallest absolute Gasteiger partial charge is 0.243 e. The predicted molar refractivity (Wildman–Crippen MR) is 95.1 cm³/mol. The quantitative estimate of drug-likeness (QED) is 0.841. The largest absolute Gasteiger partial charge is 0.340 e. The molecule has 1 amide bonds. The number of nitrogens with zero attached hydrogens (tertiary/aromatic N) is 4. The van der Waals surface area contributed by atoms with Gasteiger partial charge in [-0.2, -0.15) is 4.98 Å². The van der Waals surface area contributed by atoms with Crippen molar-refractivity contribution in [3.8, 4) is 0 Å². The topological polar surface area (TPSA) is 74.5 Å². The average molecular weight is 349 g/mol. The Morgan fingerprint density at radius 3 is 2.64 bits per heavy atom. The van der Waals surface area contributed by atoms with E-state index in [9.17, 15) is 4.79 Å². The normalized spacial score (nSPS) is 21.4. The maximum Gasteiger partial charge on any atom is 0.243 e. The fourth-order valence-electron chi connectivity index (χ4n) is 3.75. The number of carbonyl (C=O) groups is 1. The summed E-state index contributed by atoms with van der Waals surface area (Å²) in [6, 6.07) is 0.111. The summed E-state index contributed by atoms with van der Waals surface area (Å²) in [4.78, 5) is 21.3.